The van der Waals surface area contributed by atoms with E-state index in [-0.39, 0.29) is 5.91 Å². The number of ether oxygens (including phenoxy) is 3. The largest absolute Gasteiger partial charge is 0.496 e. The van der Waals surface area contributed by atoms with E-state index in [0.29, 0.717) is 37.6 Å². The summed E-state index contributed by atoms with van der Waals surface area (Å²) in [7, 11) is 3.27. The Balaban J connectivity index is 1.77. The first-order chi connectivity index (χ1) is 14.6. The van der Waals surface area contributed by atoms with Gasteiger partial charge in [0.2, 0.25) is 5.91 Å². The smallest absolute Gasteiger partial charge is 0.247 e. The number of amides is 1. The highest BCUT2D eigenvalue weighted by atomic mass is 16.5. The third kappa shape index (κ3) is 3.78. The van der Waals surface area contributed by atoms with Crippen molar-refractivity contribution in [3.8, 4) is 22.6 Å². The van der Waals surface area contributed by atoms with E-state index in [1.165, 1.54) is 0 Å². The number of hydrogen-bond donors (Lipinski definition) is 0. The fourth-order valence-electron chi connectivity index (χ4n) is 3.75. The number of carbonyl (C=O) groups is 1. The first-order valence-corrected chi connectivity index (χ1v) is 9.90. The third-order valence-corrected chi connectivity index (χ3v) is 5.38. The van der Waals surface area contributed by atoms with E-state index in [9.17, 15) is 4.79 Å². The molecule has 30 heavy (non-hydrogen) atoms. The molecule has 1 aliphatic heterocycles. The molecule has 1 aromatic heterocycles. The van der Waals surface area contributed by atoms with Crippen LogP contribution in [0.4, 0.5) is 0 Å². The lowest BCUT2D eigenvalue weighted by Gasteiger charge is -2.26. The van der Waals surface area contributed by atoms with Crippen LogP contribution in [0.3, 0.4) is 0 Å². The Morgan fingerprint density at radius 2 is 1.77 bits per heavy atom. The van der Waals surface area contributed by atoms with Gasteiger partial charge < -0.3 is 23.5 Å². The summed E-state index contributed by atoms with van der Waals surface area (Å²) in [5.41, 5.74) is 4.27. The van der Waals surface area contributed by atoms with Gasteiger partial charge in [-0.25, -0.2) is 0 Å². The molecule has 0 unspecified atom stereocenters. The van der Waals surface area contributed by atoms with Gasteiger partial charge in [0.25, 0.3) is 0 Å². The van der Waals surface area contributed by atoms with Gasteiger partial charge in [0.15, 0.2) is 0 Å². The summed E-state index contributed by atoms with van der Waals surface area (Å²) < 4.78 is 22.3. The van der Waals surface area contributed by atoms with Crippen LogP contribution in [0.25, 0.3) is 27.7 Å². The van der Waals surface area contributed by atoms with Crippen molar-refractivity contribution < 1.29 is 23.4 Å². The van der Waals surface area contributed by atoms with Crippen molar-refractivity contribution in [2.75, 3.05) is 40.5 Å². The van der Waals surface area contributed by atoms with Gasteiger partial charge in [-0.1, -0.05) is 18.2 Å². The van der Waals surface area contributed by atoms with Crippen molar-refractivity contribution in [3.05, 3.63) is 54.3 Å². The number of hydrogen-bond acceptors (Lipinski definition) is 5. The summed E-state index contributed by atoms with van der Waals surface area (Å²) in [5.74, 6) is 1.41. The highest BCUT2D eigenvalue weighted by molar-refractivity contribution is 6.01. The topological polar surface area (TPSA) is 61.1 Å². The highest BCUT2D eigenvalue weighted by Crippen LogP contribution is 2.40. The first-order valence-electron chi connectivity index (χ1n) is 9.90. The molecule has 6 nitrogen and oxygen atoms in total. The molecule has 2 aromatic carbocycles. The summed E-state index contributed by atoms with van der Waals surface area (Å²) in [5, 5.41) is 0.932. The van der Waals surface area contributed by atoms with Gasteiger partial charge in [-0.2, -0.15) is 0 Å². The van der Waals surface area contributed by atoms with Crippen molar-refractivity contribution in [1.29, 1.82) is 0 Å². The summed E-state index contributed by atoms with van der Waals surface area (Å²) >= 11 is 0. The second kappa shape index (κ2) is 8.63. The van der Waals surface area contributed by atoms with E-state index in [1.54, 1.807) is 31.5 Å². The number of nitrogens with zero attached hydrogens (tertiary/aromatic N) is 1. The molecule has 1 saturated heterocycles. The van der Waals surface area contributed by atoms with Gasteiger partial charge in [0, 0.05) is 47.3 Å². The molecule has 0 saturated carbocycles. The van der Waals surface area contributed by atoms with Crippen LogP contribution in [0.5, 0.6) is 11.5 Å². The number of rotatable bonds is 5. The second-order valence-electron chi connectivity index (χ2n) is 7.16. The molecule has 1 aliphatic rings. The van der Waals surface area contributed by atoms with Gasteiger partial charge >= 0.3 is 0 Å². The van der Waals surface area contributed by atoms with Crippen molar-refractivity contribution in [2.24, 2.45) is 0 Å². The summed E-state index contributed by atoms with van der Waals surface area (Å²) in [6.45, 7) is 4.29. The Morgan fingerprint density at radius 3 is 2.50 bits per heavy atom. The van der Waals surface area contributed by atoms with Crippen LogP contribution >= 0.6 is 0 Å². The van der Waals surface area contributed by atoms with Gasteiger partial charge in [-0.15, -0.1) is 0 Å². The SMILES string of the molecule is COc1cc2occ(-c3ccccc3OC)c2cc1/C(C)=C/C(=O)N1CCOCC1. The van der Waals surface area contributed by atoms with Crippen LogP contribution in [0.15, 0.2) is 53.2 Å². The molecule has 0 spiro atoms. The molecule has 0 radical (unpaired) electrons. The molecule has 1 fully saturated rings. The Morgan fingerprint density at radius 1 is 1.03 bits per heavy atom. The van der Waals surface area contributed by atoms with Crippen LogP contribution in [0, 0.1) is 0 Å². The maximum absolute atomic E-state index is 12.7. The zero-order valence-corrected chi connectivity index (χ0v) is 17.4. The average Bonchev–Trinajstić information content (AvgIpc) is 3.21. The Labute approximate surface area is 175 Å². The molecule has 156 valence electrons. The predicted molar refractivity (Wildman–Crippen MR) is 116 cm³/mol. The normalized spacial score (nSPS) is 14.8. The molecule has 0 N–H and O–H groups in total. The quantitative estimate of drug-likeness (QED) is 0.588. The molecular weight excluding hydrogens is 382 g/mol. The fraction of sp³-hybridized carbons (Fsp3) is 0.292. The number of benzene rings is 2. The zero-order valence-electron chi connectivity index (χ0n) is 17.4. The molecule has 0 atom stereocenters. The van der Waals surface area contributed by atoms with Gasteiger partial charge in [0.05, 0.1) is 33.7 Å². The maximum atomic E-state index is 12.7. The van der Waals surface area contributed by atoms with Crippen molar-refractivity contribution in [2.45, 2.75) is 6.92 Å². The standard InChI is InChI=1S/C24H25NO5/c1-16(12-24(26)25-8-10-29-11-9-25)18-13-19-20(15-30-23(19)14-22(18)28-3)17-6-4-5-7-21(17)27-2/h4-7,12-15H,8-11H2,1-3H3/b16-12+. The van der Waals surface area contributed by atoms with E-state index in [2.05, 4.69) is 0 Å². The number of fused-ring (bicyclic) bond motifs is 1. The van der Waals surface area contributed by atoms with E-state index in [0.717, 1.165) is 33.4 Å². The minimum atomic E-state index is -0.0184. The predicted octanol–water partition coefficient (Wildman–Crippen LogP) is 4.38. The number of morpholine rings is 1. The third-order valence-electron chi connectivity index (χ3n) is 5.38. The molecule has 4 rings (SSSR count). The second-order valence-corrected chi connectivity index (χ2v) is 7.16. The van der Waals surface area contributed by atoms with Crippen LogP contribution in [-0.4, -0.2) is 51.3 Å². The molecule has 0 bridgehead atoms. The summed E-state index contributed by atoms with van der Waals surface area (Å²) in [6, 6.07) is 11.7. The summed E-state index contributed by atoms with van der Waals surface area (Å²) in [6.07, 6.45) is 3.39. The molecule has 2 heterocycles. The highest BCUT2D eigenvalue weighted by Gasteiger charge is 2.19. The van der Waals surface area contributed by atoms with Crippen molar-refractivity contribution >= 4 is 22.4 Å². The maximum Gasteiger partial charge on any atom is 0.247 e. The minimum absolute atomic E-state index is 0.0184. The van der Waals surface area contributed by atoms with Crippen molar-refractivity contribution in [1.82, 2.24) is 4.90 Å². The van der Waals surface area contributed by atoms with E-state index in [1.807, 2.05) is 43.3 Å². The molecule has 0 aliphatic carbocycles. The van der Waals surface area contributed by atoms with Gasteiger partial charge in [0.1, 0.15) is 17.1 Å². The average molecular weight is 407 g/mol. The Kier molecular flexibility index (Phi) is 5.77. The molecule has 1 amide bonds. The van der Waals surface area contributed by atoms with E-state index >= 15 is 0 Å². The van der Waals surface area contributed by atoms with E-state index in [4.69, 9.17) is 18.6 Å². The Hall–Kier alpha value is -3.25. The number of allylic oxidation sites excluding steroid dienone is 1. The lowest BCUT2D eigenvalue weighted by molar-refractivity contribution is -0.129. The van der Waals surface area contributed by atoms with Crippen molar-refractivity contribution in [3.63, 3.8) is 0 Å². The lowest BCUT2D eigenvalue weighted by Crippen LogP contribution is -2.39. The van der Waals surface area contributed by atoms with E-state index < -0.39 is 0 Å². The van der Waals surface area contributed by atoms with Crippen LogP contribution in [0.2, 0.25) is 0 Å². The first kappa shape index (κ1) is 20.0. The minimum Gasteiger partial charge on any atom is -0.496 e. The molecule has 6 heteroatoms. The number of para-hydroxylation sites is 1. The number of furan rings is 1. The van der Waals surface area contributed by atoms with Gasteiger partial charge in [-0.3, -0.25) is 4.79 Å². The van der Waals surface area contributed by atoms with Crippen LogP contribution < -0.4 is 9.47 Å². The zero-order chi connectivity index (χ0) is 21.1. The van der Waals surface area contributed by atoms with Gasteiger partial charge in [-0.05, 0) is 24.6 Å². The number of methoxy groups -OCH3 is 2. The lowest BCUT2D eigenvalue weighted by atomic mass is 9.98. The fourth-order valence-corrected chi connectivity index (χ4v) is 3.75. The monoisotopic (exact) mass is 407 g/mol. The summed E-state index contributed by atoms with van der Waals surface area (Å²) in [4.78, 5) is 14.5. The van der Waals surface area contributed by atoms with Crippen LogP contribution in [-0.2, 0) is 9.53 Å². The molecular formula is C24H25NO5. The molecule has 3 aromatic rings. The Bertz CT molecular complexity index is 1090. The van der Waals surface area contributed by atoms with Crippen LogP contribution in [0.1, 0.15) is 12.5 Å². The number of carbonyl (C=O) groups excluding carboxylic acids is 1.